The maximum Gasteiger partial charge on any atom is 0.407 e. The molecule has 2 aromatic carbocycles. The number of hydrogen-bond acceptors (Lipinski definition) is 5. The summed E-state index contributed by atoms with van der Waals surface area (Å²) in [6.07, 6.45) is -0.538. The van der Waals surface area contributed by atoms with Gasteiger partial charge in [-0.2, -0.15) is 0 Å². The van der Waals surface area contributed by atoms with E-state index in [9.17, 15) is 19.5 Å². The number of furan rings is 1. The van der Waals surface area contributed by atoms with Crippen LogP contribution >= 0.6 is 0 Å². The van der Waals surface area contributed by atoms with Crippen LogP contribution in [-0.4, -0.2) is 52.3 Å². The first-order chi connectivity index (χ1) is 15.4. The van der Waals surface area contributed by atoms with Gasteiger partial charge in [-0.15, -0.1) is 0 Å². The van der Waals surface area contributed by atoms with Gasteiger partial charge in [-0.3, -0.25) is 14.8 Å². The molecule has 0 bridgehead atoms. The number of hydroxylamine groups is 1. The minimum atomic E-state index is -1.19. The summed E-state index contributed by atoms with van der Waals surface area (Å²) in [5, 5.41) is 21.9. The van der Waals surface area contributed by atoms with Crippen LogP contribution in [0.4, 0.5) is 4.79 Å². The van der Waals surface area contributed by atoms with Crippen LogP contribution in [0.3, 0.4) is 0 Å². The number of rotatable bonds is 5. The van der Waals surface area contributed by atoms with E-state index in [1.807, 2.05) is 43.3 Å². The zero-order chi connectivity index (χ0) is 22.8. The van der Waals surface area contributed by atoms with E-state index in [1.54, 1.807) is 12.1 Å². The van der Waals surface area contributed by atoms with E-state index in [-0.39, 0.29) is 13.1 Å². The van der Waals surface area contributed by atoms with E-state index in [2.05, 4.69) is 5.32 Å². The van der Waals surface area contributed by atoms with Gasteiger partial charge in [0.15, 0.2) is 0 Å². The average molecular weight is 437 g/mol. The van der Waals surface area contributed by atoms with Crippen molar-refractivity contribution in [2.45, 2.75) is 19.4 Å². The number of carbonyl (C=O) groups is 3. The smallest absolute Gasteiger partial charge is 0.407 e. The molecule has 1 fully saturated rings. The SMILES string of the molecule is Cc1oc2ccccc2c1Cc1ccc(C(=O)N[C@@H]2CN(C(=O)O)C[C@@H]2C(=O)NO)cc1. The molecule has 0 aliphatic carbocycles. The zero-order valence-corrected chi connectivity index (χ0v) is 17.4. The molecule has 3 aromatic rings. The number of carboxylic acid groups (broad SMARTS) is 1. The lowest BCUT2D eigenvalue weighted by Gasteiger charge is -2.18. The van der Waals surface area contributed by atoms with Gasteiger partial charge in [-0.05, 0) is 30.7 Å². The summed E-state index contributed by atoms with van der Waals surface area (Å²) in [4.78, 5) is 36.9. The van der Waals surface area contributed by atoms with Gasteiger partial charge < -0.3 is 19.7 Å². The van der Waals surface area contributed by atoms with Gasteiger partial charge in [0.2, 0.25) is 5.91 Å². The Labute approximate surface area is 183 Å². The number of benzene rings is 2. The molecule has 2 atom stereocenters. The summed E-state index contributed by atoms with van der Waals surface area (Å²) in [6, 6.07) is 14.2. The third-order valence-corrected chi connectivity index (χ3v) is 5.85. The van der Waals surface area contributed by atoms with Crippen molar-refractivity contribution in [3.63, 3.8) is 0 Å². The van der Waals surface area contributed by atoms with Crippen LogP contribution in [0.25, 0.3) is 11.0 Å². The standard InChI is InChI=1S/C23H23N3O6/c1-13-17(16-4-2-3-5-20(16)32-13)10-14-6-8-15(9-7-14)21(27)24-19-12-26(23(29)30)11-18(19)22(28)25-31/h2-9,18-19,31H,10-12H2,1H3,(H,24,27)(H,25,28)(H,29,30)/t18-,19+/m0/s1. The molecular formula is C23H23N3O6. The second kappa shape index (κ2) is 8.72. The highest BCUT2D eigenvalue weighted by Gasteiger charge is 2.40. The largest absolute Gasteiger partial charge is 0.465 e. The highest BCUT2D eigenvalue weighted by molar-refractivity contribution is 5.95. The van der Waals surface area contributed by atoms with Crippen LogP contribution in [0.2, 0.25) is 0 Å². The first-order valence-corrected chi connectivity index (χ1v) is 10.2. The van der Waals surface area contributed by atoms with E-state index in [1.165, 1.54) is 5.48 Å². The molecule has 4 N–H and O–H groups in total. The molecule has 32 heavy (non-hydrogen) atoms. The van der Waals surface area contributed by atoms with E-state index < -0.39 is 29.9 Å². The van der Waals surface area contributed by atoms with Crippen molar-refractivity contribution >= 4 is 28.9 Å². The Balaban J connectivity index is 1.46. The molecule has 3 amide bonds. The molecule has 0 saturated carbocycles. The van der Waals surface area contributed by atoms with E-state index in [0.29, 0.717) is 12.0 Å². The number of fused-ring (bicyclic) bond motifs is 1. The van der Waals surface area contributed by atoms with Crippen LogP contribution < -0.4 is 10.8 Å². The monoisotopic (exact) mass is 437 g/mol. The molecule has 9 heteroatoms. The predicted octanol–water partition coefficient (Wildman–Crippen LogP) is 2.55. The third kappa shape index (κ3) is 4.15. The van der Waals surface area contributed by atoms with Crippen molar-refractivity contribution in [2.75, 3.05) is 13.1 Å². The van der Waals surface area contributed by atoms with Gasteiger partial charge >= 0.3 is 6.09 Å². The lowest BCUT2D eigenvalue weighted by molar-refractivity contribution is -0.133. The maximum absolute atomic E-state index is 12.7. The van der Waals surface area contributed by atoms with Crippen LogP contribution in [0, 0.1) is 12.8 Å². The fraction of sp³-hybridized carbons (Fsp3) is 0.261. The molecular weight excluding hydrogens is 414 g/mol. The molecule has 2 heterocycles. The molecule has 4 rings (SSSR count). The minimum Gasteiger partial charge on any atom is -0.465 e. The normalized spacial score (nSPS) is 18.0. The van der Waals surface area contributed by atoms with Gasteiger partial charge in [-0.25, -0.2) is 10.3 Å². The third-order valence-electron chi connectivity index (χ3n) is 5.85. The van der Waals surface area contributed by atoms with Crippen molar-refractivity contribution in [3.8, 4) is 0 Å². The Bertz CT molecular complexity index is 1170. The number of nitrogens with zero attached hydrogens (tertiary/aromatic N) is 1. The van der Waals surface area contributed by atoms with Gasteiger partial charge in [0.05, 0.1) is 12.0 Å². The number of nitrogens with one attached hydrogen (secondary N) is 2. The molecule has 1 aromatic heterocycles. The Morgan fingerprint density at radius 2 is 1.81 bits per heavy atom. The molecule has 0 spiro atoms. The molecule has 9 nitrogen and oxygen atoms in total. The number of likely N-dealkylation sites (tertiary alicyclic amines) is 1. The summed E-state index contributed by atoms with van der Waals surface area (Å²) < 4.78 is 5.81. The predicted molar refractivity (Wildman–Crippen MR) is 114 cm³/mol. The van der Waals surface area contributed by atoms with Crippen LogP contribution in [0.15, 0.2) is 52.9 Å². The molecule has 1 saturated heterocycles. The van der Waals surface area contributed by atoms with Gasteiger partial charge in [0.25, 0.3) is 5.91 Å². The van der Waals surface area contributed by atoms with Gasteiger partial charge in [-0.1, -0.05) is 30.3 Å². The van der Waals surface area contributed by atoms with Crippen molar-refractivity contribution in [1.29, 1.82) is 0 Å². The van der Waals surface area contributed by atoms with Crippen molar-refractivity contribution in [3.05, 3.63) is 71.0 Å². The Hall–Kier alpha value is -3.85. The molecule has 166 valence electrons. The van der Waals surface area contributed by atoms with Crippen molar-refractivity contribution in [2.24, 2.45) is 5.92 Å². The van der Waals surface area contributed by atoms with E-state index >= 15 is 0 Å². The van der Waals surface area contributed by atoms with Crippen molar-refractivity contribution in [1.82, 2.24) is 15.7 Å². The van der Waals surface area contributed by atoms with E-state index in [0.717, 1.165) is 32.8 Å². The number of amides is 3. The Morgan fingerprint density at radius 3 is 2.50 bits per heavy atom. The second-order valence-electron chi connectivity index (χ2n) is 7.86. The lowest BCUT2D eigenvalue weighted by Crippen LogP contribution is -2.45. The van der Waals surface area contributed by atoms with Crippen molar-refractivity contribution < 1.29 is 29.1 Å². The van der Waals surface area contributed by atoms with Gasteiger partial charge in [0.1, 0.15) is 11.3 Å². The van der Waals surface area contributed by atoms with Gasteiger partial charge in [0, 0.05) is 36.0 Å². The summed E-state index contributed by atoms with van der Waals surface area (Å²) in [7, 11) is 0. The molecule has 1 aliphatic heterocycles. The summed E-state index contributed by atoms with van der Waals surface area (Å²) in [5.41, 5.74) is 4.86. The summed E-state index contributed by atoms with van der Waals surface area (Å²) in [5.74, 6) is -1.19. The topological polar surface area (TPSA) is 132 Å². The first kappa shape index (κ1) is 21.4. The molecule has 1 aliphatic rings. The highest BCUT2D eigenvalue weighted by atomic mass is 16.5. The van der Waals surface area contributed by atoms with Crippen LogP contribution in [0.5, 0.6) is 0 Å². The first-order valence-electron chi connectivity index (χ1n) is 10.2. The van der Waals surface area contributed by atoms with Crippen LogP contribution in [0.1, 0.15) is 27.2 Å². The fourth-order valence-electron chi connectivity index (χ4n) is 4.13. The minimum absolute atomic E-state index is 0.0376. The Kier molecular flexibility index (Phi) is 5.83. The van der Waals surface area contributed by atoms with E-state index in [4.69, 9.17) is 9.62 Å². The average Bonchev–Trinajstić information content (AvgIpc) is 3.35. The maximum atomic E-state index is 12.7. The fourth-order valence-corrected chi connectivity index (χ4v) is 4.13. The summed E-state index contributed by atoms with van der Waals surface area (Å²) in [6.45, 7) is 1.78. The number of hydrogen-bond donors (Lipinski definition) is 4. The Morgan fingerprint density at radius 1 is 1.09 bits per heavy atom. The summed E-state index contributed by atoms with van der Waals surface area (Å²) >= 11 is 0. The quantitative estimate of drug-likeness (QED) is 0.358. The zero-order valence-electron chi connectivity index (χ0n) is 17.4. The lowest BCUT2D eigenvalue weighted by atomic mass is 10.00. The second-order valence-corrected chi connectivity index (χ2v) is 7.86. The highest BCUT2D eigenvalue weighted by Crippen LogP contribution is 2.27. The van der Waals surface area contributed by atoms with Crippen LogP contribution in [-0.2, 0) is 11.2 Å². The molecule has 0 unspecified atom stereocenters. The number of para-hydroxylation sites is 1. The molecule has 0 radical (unpaired) electrons. The number of aryl methyl sites for hydroxylation is 1. The number of carbonyl (C=O) groups excluding carboxylic acids is 2.